The molecule has 2 saturated carbocycles. The number of hydrogen-bond acceptors (Lipinski definition) is 12. The van der Waals surface area contributed by atoms with Crippen LogP contribution in [-0.4, -0.2) is 90.8 Å². The van der Waals surface area contributed by atoms with Crippen molar-refractivity contribution in [2.24, 2.45) is 11.8 Å². The first kappa shape index (κ1) is 79.2. The van der Waals surface area contributed by atoms with Crippen LogP contribution in [0.3, 0.4) is 0 Å². The van der Waals surface area contributed by atoms with Crippen LogP contribution in [0.15, 0.2) is 95.7 Å². The van der Waals surface area contributed by atoms with E-state index in [1.165, 1.54) is 51.4 Å². The Hall–Kier alpha value is -8.94. The number of fused-ring (bicyclic) bond motifs is 8. The van der Waals surface area contributed by atoms with E-state index in [4.69, 9.17) is 14.3 Å². The van der Waals surface area contributed by atoms with E-state index in [0.29, 0.717) is 43.5 Å². The monoisotopic (exact) mass is 1600 g/mol. The van der Waals surface area contributed by atoms with Crippen molar-refractivity contribution in [3.8, 4) is 34.8 Å². The van der Waals surface area contributed by atoms with Crippen molar-refractivity contribution >= 4 is 46.2 Å². The Bertz CT molecular complexity index is 5120. The lowest BCUT2D eigenvalue weighted by Gasteiger charge is -2.32. The number of rotatable bonds is 16. The summed E-state index contributed by atoms with van der Waals surface area (Å²) in [5.74, 6) is -7.67. The molecule has 6 atom stereocenters. The smallest absolute Gasteiger partial charge is 0.399 e. The van der Waals surface area contributed by atoms with Crippen molar-refractivity contribution in [1.29, 1.82) is 0 Å². The van der Waals surface area contributed by atoms with Crippen molar-refractivity contribution in [1.82, 2.24) is 39.5 Å². The number of alkyl halides is 10. The number of carbonyl (C=O) groups is 2. The van der Waals surface area contributed by atoms with Crippen molar-refractivity contribution in [3.63, 3.8) is 0 Å². The molecule has 1 aliphatic heterocycles. The van der Waals surface area contributed by atoms with E-state index in [0.717, 1.165) is 53.8 Å². The van der Waals surface area contributed by atoms with Crippen LogP contribution in [0.5, 0.6) is 0 Å². The summed E-state index contributed by atoms with van der Waals surface area (Å²) in [5, 5.41) is 27.0. The molecule has 0 radical (unpaired) electrons. The minimum absolute atomic E-state index is 0.0820. The highest BCUT2D eigenvalue weighted by atomic mass is 79.9. The number of allylic oxidation sites excluding steroid dienone is 1. The lowest BCUT2D eigenvalue weighted by molar-refractivity contribution is -0.143. The number of benzene rings is 2. The standard InChI is InChI=1S/C37H29F7N4O2.C29H23BrF7N3O2.C14H20BNO2/c1-35(2,50)9-8-25-6-7-27(22-13-20-4-3-5-30(20)45-17-22)32(46-25)21(10-19-11-23(38)15-24(39)12-19)14-26(49)18-48-34-31(33(47-48)37(42,43)44)28-16-29(28)36(34,40)41;1-27(2,42)6-5-18-3-4-22(30)24(38-18)15(7-14-8-16(31)11-17(32)9-14)10-19(41)13-40-26-23(25(39-40)29(35,36)37)20-12-21(20)28(26,33)34;1-13(2)14(3,4)18-15(17-13)11-8-10-6-5-7-12(10)16-9-11/h3-4,6-7,11-13,15,17,21,28-29,50H,5,10,14,16,18H2,1-2H3;3-4,8-9,11,15,20-21,42H,7,10,12-13H2,1-2H3;8-9H,5-7H2,1-4H3/t21-,28+,29-;15-,20+,21-;/m11./s1. The Labute approximate surface area is 632 Å². The maximum absolute atomic E-state index is 15.2. The number of Topliss-reactive ketones (excluding diaryl/α,β-unsaturated/α-hetero) is 2. The molecule has 2 aromatic carbocycles. The van der Waals surface area contributed by atoms with Crippen LogP contribution in [0.25, 0.3) is 17.2 Å². The number of nitrogens with zero attached hydrogens (tertiary/aromatic N) is 8. The van der Waals surface area contributed by atoms with Crippen molar-refractivity contribution in [3.05, 3.63) is 209 Å². The zero-order chi connectivity index (χ0) is 79.5. The summed E-state index contributed by atoms with van der Waals surface area (Å²) >= 11 is 3.35. The normalized spacial score (nSPS) is 20.1. The fourth-order valence-electron chi connectivity index (χ4n) is 14.9. The average Bonchev–Trinajstić information content (AvgIpc) is 1.52. The molecule has 1 saturated heterocycles. The van der Waals surface area contributed by atoms with Gasteiger partial charge in [-0.05, 0) is 217 Å². The molecular formula is C80H72BBrF14N8O6. The molecule has 0 unspecified atom stereocenters. The van der Waals surface area contributed by atoms with Gasteiger partial charge >= 0.3 is 19.5 Å². The van der Waals surface area contributed by atoms with E-state index in [1.54, 1.807) is 24.4 Å². The van der Waals surface area contributed by atoms with Gasteiger partial charge in [-0.15, -0.1) is 0 Å². The number of ketones is 2. The molecule has 0 bridgehead atoms. The van der Waals surface area contributed by atoms with Gasteiger partial charge in [0.15, 0.2) is 23.0 Å². The SMILES string of the molecule is CC(C)(O)C#Cc1ccc(-c2cnc3c(c2)C=CC3)c([C@@H](CC(=O)Cn2nc(C(F)(F)F)c3c2C(F)(F)[C@@H]2C[C@H]32)Cc2cc(F)cc(F)c2)n1.CC(C)(O)C#Cc1ccc(Br)c([C@@H](CC(=O)Cn2nc(C(F)(F)F)c3c2C(F)(F)[C@@H]2C[C@H]32)Cc2cc(F)cc(F)c2)n1.CC1(C)OB(c2cnc3c(c2)CCC3)OC1(C)C. The van der Waals surface area contributed by atoms with E-state index < -0.39 is 166 Å². The summed E-state index contributed by atoms with van der Waals surface area (Å²) in [6.45, 7) is 12.4. The van der Waals surface area contributed by atoms with Crippen LogP contribution in [0.4, 0.5) is 61.5 Å². The third-order valence-electron chi connectivity index (χ3n) is 20.8. The van der Waals surface area contributed by atoms with Crippen molar-refractivity contribution in [2.45, 2.75) is 203 Å². The predicted molar refractivity (Wildman–Crippen MR) is 379 cm³/mol. The Morgan fingerprint density at radius 2 is 1.09 bits per heavy atom. The minimum atomic E-state index is -5.00. The summed E-state index contributed by atoms with van der Waals surface area (Å²) in [7, 11) is -0.284. The first-order valence-electron chi connectivity index (χ1n) is 35.5. The van der Waals surface area contributed by atoms with E-state index in [2.05, 4.69) is 98.5 Å². The molecule has 15 rings (SSSR count). The van der Waals surface area contributed by atoms with E-state index in [9.17, 15) is 72.5 Å². The second kappa shape index (κ2) is 29.0. The van der Waals surface area contributed by atoms with Crippen LogP contribution in [0.2, 0.25) is 0 Å². The first-order valence-corrected chi connectivity index (χ1v) is 36.3. The van der Waals surface area contributed by atoms with Crippen molar-refractivity contribution in [2.75, 3.05) is 0 Å². The largest absolute Gasteiger partial charge is 0.496 e. The second-order valence-electron chi connectivity index (χ2n) is 31.0. The topological polar surface area (TPSA) is 180 Å². The number of hydrogen-bond donors (Lipinski definition) is 2. The van der Waals surface area contributed by atoms with Crippen LogP contribution in [0.1, 0.15) is 201 Å². The second-order valence-corrected chi connectivity index (χ2v) is 31.9. The van der Waals surface area contributed by atoms with Gasteiger partial charge in [-0.3, -0.25) is 28.9 Å². The molecule has 7 heterocycles. The number of carbonyl (C=O) groups excluding carboxylic acids is 2. The summed E-state index contributed by atoms with van der Waals surface area (Å²) in [6, 6.07) is 16.1. The third kappa shape index (κ3) is 16.8. The summed E-state index contributed by atoms with van der Waals surface area (Å²) < 4.78 is 213. The molecule has 576 valence electrons. The third-order valence-corrected chi connectivity index (χ3v) is 21.4. The van der Waals surface area contributed by atoms with Gasteiger partial charge < -0.3 is 19.5 Å². The quantitative estimate of drug-likeness (QED) is 0.0532. The predicted octanol–water partition coefficient (Wildman–Crippen LogP) is 16.0. The summed E-state index contributed by atoms with van der Waals surface area (Å²) in [5.41, 5.74) is -1.37. The lowest BCUT2D eigenvalue weighted by atomic mass is 9.79. The number of pyridine rings is 4. The van der Waals surface area contributed by atoms with Gasteiger partial charge in [0.1, 0.15) is 70.3 Å². The fraction of sp³-hybridized carbons (Fsp3) is 0.425. The molecule has 0 spiro atoms. The van der Waals surface area contributed by atoms with Crippen LogP contribution >= 0.6 is 15.9 Å². The molecule has 30 heteroatoms. The summed E-state index contributed by atoms with van der Waals surface area (Å²) in [6.07, 6.45) is 0.139. The van der Waals surface area contributed by atoms with Gasteiger partial charge in [-0.1, -0.05) is 30.1 Å². The Kier molecular flexibility index (Phi) is 20.9. The van der Waals surface area contributed by atoms with Crippen LogP contribution < -0.4 is 5.46 Å². The van der Waals surface area contributed by atoms with Gasteiger partial charge in [0.2, 0.25) is 0 Å². The zero-order valence-corrected chi connectivity index (χ0v) is 62.1. The fourth-order valence-corrected chi connectivity index (χ4v) is 15.5. The average molecular weight is 1600 g/mol. The maximum Gasteiger partial charge on any atom is 0.496 e. The number of aliphatic hydroxyl groups is 2. The first-order chi connectivity index (χ1) is 51.3. The molecule has 6 aliphatic carbocycles. The van der Waals surface area contributed by atoms with Gasteiger partial charge in [0.25, 0.3) is 11.8 Å². The molecular weight excluding hydrogens is 1530 g/mol. The van der Waals surface area contributed by atoms with Crippen LogP contribution in [-0.2, 0) is 88.3 Å². The minimum Gasteiger partial charge on any atom is -0.399 e. The van der Waals surface area contributed by atoms with Crippen molar-refractivity contribution < 1.29 is 90.6 Å². The summed E-state index contributed by atoms with van der Waals surface area (Å²) in [4.78, 5) is 45.3. The van der Waals surface area contributed by atoms with E-state index in [1.807, 2.05) is 24.4 Å². The van der Waals surface area contributed by atoms with Gasteiger partial charge in [0.05, 0.1) is 28.3 Å². The van der Waals surface area contributed by atoms with Crippen LogP contribution in [0, 0.1) is 58.8 Å². The molecule has 6 aromatic heterocycles. The molecule has 2 N–H and O–H groups in total. The number of aryl methyl sites for hydroxylation is 2. The Morgan fingerprint density at radius 1 is 0.627 bits per heavy atom. The molecule has 3 fully saturated rings. The maximum atomic E-state index is 15.2. The van der Waals surface area contributed by atoms with E-state index >= 15 is 8.78 Å². The lowest BCUT2D eigenvalue weighted by Crippen LogP contribution is -2.41. The van der Waals surface area contributed by atoms with E-state index in [-0.39, 0.29) is 77.9 Å². The zero-order valence-electron chi connectivity index (χ0n) is 60.5. The van der Waals surface area contributed by atoms with Gasteiger partial charge in [-0.25, -0.2) is 27.5 Å². The highest BCUT2D eigenvalue weighted by Crippen LogP contribution is 2.70. The highest BCUT2D eigenvalue weighted by molar-refractivity contribution is 9.10. The molecule has 110 heavy (non-hydrogen) atoms. The Balaban J connectivity index is 0.000000159. The molecule has 7 aliphatic rings. The molecule has 0 amide bonds. The Morgan fingerprint density at radius 3 is 1.57 bits per heavy atom. The van der Waals surface area contributed by atoms with Gasteiger partial charge in [0, 0.05) is 105 Å². The highest BCUT2D eigenvalue weighted by Gasteiger charge is 2.70. The van der Waals surface area contributed by atoms with Gasteiger partial charge in [-0.2, -0.15) is 54.1 Å². The number of aromatic nitrogens is 8. The number of halogens is 15. The molecule has 8 aromatic rings. The molecule has 14 nitrogen and oxygen atoms in total.